The third kappa shape index (κ3) is 2.79. The number of nitrogens with one attached hydrogen (secondary N) is 1. The number of anilines is 1. The summed E-state index contributed by atoms with van der Waals surface area (Å²) in [4.78, 5) is 0. The third-order valence-corrected chi connectivity index (χ3v) is 4.03. The number of methoxy groups -OCH3 is 1. The van der Waals surface area contributed by atoms with Crippen LogP contribution in [0.15, 0.2) is 42.5 Å². The Labute approximate surface area is 129 Å². The summed E-state index contributed by atoms with van der Waals surface area (Å²) < 4.78 is 11.2. The Bertz CT molecular complexity index is 644. The fourth-order valence-electron chi connectivity index (χ4n) is 2.67. The molecular weight excluding hydrogens is 286 g/mol. The van der Waals surface area contributed by atoms with Crippen molar-refractivity contribution in [2.24, 2.45) is 5.92 Å². The second-order valence-corrected chi connectivity index (χ2v) is 5.73. The first kappa shape index (κ1) is 14.1. The Morgan fingerprint density at radius 3 is 2.86 bits per heavy atom. The molecule has 21 heavy (non-hydrogen) atoms. The summed E-state index contributed by atoms with van der Waals surface area (Å²) in [6, 6.07) is 13.9. The van der Waals surface area contributed by atoms with E-state index in [0.29, 0.717) is 17.5 Å². The van der Waals surface area contributed by atoms with Gasteiger partial charge in [-0.1, -0.05) is 36.7 Å². The summed E-state index contributed by atoms with van der Waals surface area (Å²) in [5.41, 5.74) is 2.07. The van der Waals surface area contributed by atoms with E-state index < -0.39 is 0 Å². The van der Waals surface area contributed by atoms with Gasteiger partial charge in [-0.15, -0.1) is 0 Å². The summed E-state index contributed by atoms with van der Waals surface area (Å²) >= 11 is 6.11. The molecule has 0 saturated carbocycles. The van der Waals surface area contributed by atoms with Crippen molar-refractivity contribution in [2.75, 3.05) is 19.0 Å². The van der Waals surface area contributed by atoms with E-state index in [2.05, 4.69) is 18.3 Å². The van der Waals surface area contributed by atoms with E-state index in [9.17, 15) is 0 Å². The van der Waals surface area contributed by atoms with Gasteiger partial charge in [-0.3, -0.25) is 0 Å². The van der Waals surface area contributed by atoms with Crippen LogP contribution in [0.2, 0.25) is 5.02 Å². The molecule has 1 heterocycles. The average Bonchev–Trinajstić information content (AvgIpc) is 2.50. The molecule has 0 aliphatic carbocycles. The lowest BCUT2D eigenvalue weighted by Crippen LogP contribution is -2.28. The number of rotatable bonds is 3. The predicted molar refractivity (Wildman–Crippen MR) is 85.5 cm³/mol. The van der Waals surface area contributed by atoms with Crippen LogP contribution in [0.4, 0.5) is 5.69 Å². The van der Waals surface area contributed by atoms with E-state index in [1.165, 1.54) is 5.56 Å². The van der Waals surface area contributed by atoms with Crippen LogP contribution in [0, 0.1) is 5.92 Å². The van der Waals surface area contributed by atoms with Crippen molar-refractivity contribution in [1.82, 2.24) is 0 Å². The highest BCUT2D eigenvalue weighted by atomic mass is 35.5. The minimum atomic E-state index is 0.169. The normalized spacial score (nSPS) is 20.3. The van der Waals surface area contributed by atoms with Crippen LogP contribution in [-0.4, -0.2) is 13.7 Å². The molecule has 2 unspecified atom stereocenters. The smallest absolute Gasteiger partial charge is 0.142 e. The molecule has 4 heteroatoms. The highest BCUT2D eigenvalue weighted by Gasteiger charge is 2.28. The van der Waals surface area contributed by atoms with Crippen molar-refractivity contribution < 1.29 is 9.47 Å². The molecule has 0 aromatic heterocycles. The predicted octanol–water partition coefficient (Wildman–Crippen LogP) is 4.53. The van der Waals surface area contributed by atoms with Crippen LogP contribution in [0.3, 0.4) is 0 Å². The van der Waals surface area contributed by atoms with Crippen molar-refractivity contribution in [3.63, 3.8) is 0 Å². The monoisotopic (exact) mass is 303 g/mol. The van der Waals surface area contributed by atoms with Gasteiger partial charge >= 0.3 is 0 Å². The molecule has 0 spiro atoms. The van der Waals surface area contributed by atoms with Crippen molar-refractivity contribution >= 4 is 17.3 Å². The molecular formula is C17H18ClNO2. The maximum atomic E-state index is 6.11. The van der Waals surface area contributed by atoms with Gasteiger partial charge < -0.3 is 14.8 Å². The molecule has 0 bridgehead atoms. The zero-order chi connectivity index (χ0) is 14.8. The van der Waals surface area contributed by atoms with Crippen molar-refractivity contribution in [3.05, 3.63) is 53.1 Å². The van der Waals surface area contributed by atoms with Crippen LogP contribution in [0.5, 0.6) is 11.5 Å². The lowest BCUT2D eigenvalue weighted by Gasteiger charge is -2.33. The first-order chi connectivity index (χ1) is 10.2. The minimum Gasteiger partial charge on any atom is -0.495 e. The van der Waals surface area contributed by atoms with E-state index in [1.807, 2.05) is 36.4 Å². The number of ether oxygens (including phenoxy) is 2. The second-order valence-electron chi connectivity index (χ2n) is 5.29. The molecule has 0 radical (unpaired) electrons. The van der Waals surface area contributed by atoms with Crippen molar-refractivity contribution in [3.8, 4) is 11.5 Å². The standard InChI is InChI=1S/C17H18ClNO2/c1-11-10-21-15-6-4-3-5-13(15)17(11)19-14-9-12(18)7-8-16(14)20-2/h3-9,11,17,19H,10H2,1-2H3. The van der Waals surface area contributed by atoms with Gasteiger partial charge in [-0.2, -0.15) is 0 Å². The van der Waals surface area contributed by atoms with Gasteiger partial charge in [0.25, 0.3) is 0 Å². The summed E-state index contributed by atoms with van der Waals surface area (Å²) in [6.07, 6.45) is 0. The van der Waals surface area contributed by atoms with Crippen molar-refractivity contribution in [2.45, 2.75) is 13.0 Å². The summed E-state index contributed by atoms with van der Waals surface area (Å²) in [5, 5.41) is 4.24. The Morgan fingerprint density at radius 1 is 1.24 bits per heavy atom. The molecule has 110 valence electrons. The SMILES string of the molecule is COc1ccc(Cl)cc1NC1c2ccccc2OCC1C. The fraction of sp³-hybridized carbons (Fsp3) is 0.294. The summed E-state index contributed by atoms with van der Waals surface area (Å²) in [5.74, 6) is 2.08. The number of hydrogen-bond donors (Lipinski definition) is 1. The molecule has 2 aromatic rings. The molecule has 0 fully saturated rings. The second kappa shape index (κ2) is 5.86. The lowest BCUT2D eigenvalue weighted by molar-refractivity contribution is 0.214. The first-order valence-electron chi connectivity index (χ1n) is 7.01. The van der Waals surface area contributed by atoms with Gasteiger partial charge in [-0.25, -0.2) is 0 Å². The topological polar surface area (TPSA) is 30.5 Å². The van der Waals surface area contributed by atoms with E-state index in [4.69, 9.17) is 21.1 Å². The average molecular weight is 304 g/mol. The van der Waals surface area contributed by atoms with E-state index in [1.54, 1.807) is 7.11 Å². The Balaban J connectivity index is 1.96. The molecule has 0 saturated heterocycles. The number of halogens is 1. The number of fused-ring (bicyclic) bond motifs is 1. The van der Waals surface area contributed by atoms with Gasteiger partial charge in [0.1, 0.15) is 11.5 Å². The van der Waals surface area contributed by atoms with Crippen molar-refractivity contribution in [1.29, 1.82) is 0 Å². The Hall–Kier alpha value is -1.87. The Kier molecular flexibility index (Phi) is 3.93. The Morgan fingerprint density at radius 2 is 2.05 bits per heavy atom. The maximum absolute atomic E-state index is 6.11. The summed E-state index contributed by atoms with van der Waals surface area (Å²) in [6.45, 7) is 2.86. The highest BCUT2D eigenvalue weighted by Crippen LogP contribution is 2.39. The molecule has 3 nitrogen and oxygen atoms in total. The quantitative estimate of drug-likeness (QED) is 0.903. The number of para-hydroxylation sites is 1. The fourth-order valence-corrected chi connectivity index (χ4v) is 2.85. The first-order valence-corrected chi connectivity index (χ1v) is 7.38. The number of hydrogen-bond acceptors (Lipinski definition) is 3. The molecule has 3 rings (SSSR count). The largest absolute Gasteiger partial charge is 0.495 e. The molecule has 2 atom stereocenters. The summed E-state index contributed by atoms with van der Waals surface area (Å²) in [7, 11) is 1.66. The lowest BCUT2D eigenvalue weighted by atomic mass is 9.92. The minimum absolute atomic E-state index is 0.169. The highest BCUT2D eigenvalue weighted by molar-refractivity contribution is 6.30. The van der Waals surface area contributed by atoms with Crippen LogP contribution >= 0.6 is 11.6 Å². The molecule has 1 aliphatic rings. The van der Waals surface area contributed by atoms with Gasteiger partial charge in [0.15, 0.2) is 0 Å². The zero-order valence-electron chi connectivity index (χ0n) is 12.1. The maximum Gasteiger partial charge on any atom is 0.142 e. The van der Waals surface area contributed by atoms with Crippen LogP contribution < -0.4 is 14.8 Å². The van der Waals surface area contributed by atoms with E-state index >= 15 is 0 Å². The van der Waals surface area contributed by atoms with Crippen LogP contribution in [0.1, 0.15) is 18.5 Å². The van der Waals surface area contributed by atoms with E-state index in [0.717, 1.165) is 17.2 Å². The van der Waals surface area contributed by atoms with Crippen LogP contribution in [0.25, 0.3) is 0 Å². The molecule has 2 aromatic carbocycles. The number of benzene rings is 2. The zero-order valence-corrected chi connectivity index (χ0v) is 12.9. The van der Waals surface area contributed by atoms with Gasteiger partial charge in [0, 0.05) is 16.5 Å². The van der Waals surface area contributed by atoms with Crippen LogP contribution in [-0.2, 0) is 0 Å². The molecule has 0 amide bonds. The van der Waals surface area contributed by atoms with Gasteiger partial charge in [-0.05, 0) is 24.3 Å². The van der Waals surface area contributed by atoms with E-state index in [-0.39, 0.29) is 6.04 Å². The van der Waals surface area contributed by atoms with Gasteiger partial charge in [0.05, 0.1) is 25.4 Å². The molecule has 1 N–H and O–H groups in total. The molecule has 1 aliphatic heterocycles. The van der Waals surface area contributed by atoms with Gasteiger partial charge in [0.2, 0.25) is 0 Å². The third-order valence-electron chi connectivity index (χ3n) is 3.80.